The number of anilines is 2. The molecular formula is C22H19FN2O4. The molecule has 4 rings (SSSR count). The number of halogens is 1. The van der Waals surface area contributed by atoms with Crippen molar-refractivity contribution in [3.63, 3.8) is 0 Å². The number of amides is 2. The third-order valence-electron chi connectivity index (χ3n) is 4.59. The largest absolute Gasteiger partial charge is 0.479 e. The average molecular weight is 394 g/mol. The van der Waals surface area contributed by atoms with Gasteiger partial charge in [-0.3, -0.25) is 9.59 Å². The van der Waals surface area contributed by atoms with E-state index < -0.39 is 6.10 Å². The van der Waals surface area contributed by atoms with Crippen molar-refractivity contribution in [3.8, 4) is 17.1 Å². The summed E-state index contributed by atoms with van der Waals surface area (Å²) in [4.78, 5) is 24.0. The maximum Gasteiger partial charge on any atom is 0.265 e. The first-order valence-corrected chi connectivity index (χ1v) is 9.24. The maximum absolute atomic E-state index is 13.8. The van der Waals surface area contributed by atoms with Crippen LogP contribution in [0.4, 0.5) is 15.8 Å². The van der Waals surface area contributed by atoms with Gasteiger partial charge in [0.1, 0.15) is 23.1 Å². The van der Waals surface area contributed by atoms with Gasteiger partial charge in [0, 0.05) is 18.5 Å². The number of aryl methyl sites for hydroxylation is 1. The van der Waals surface area contributed by atoms with E-state index in [-0.39, 0.29) is 24.1 Å². The smallest absolute Gasteiger partial charge is 0.265 e. The molecular weight excluding hydrogens is 375 g/mol. The highest BCUT2D eigenvalue weighted by atomic mass is 19.1. The Labute approximate surface area is 166 Å². The third kappa shape index (κ3) is 4.13. The molecule has 148 valence electrons. The molecule has 0 radical (unpaired) electrons. The number of carbonyl (C=O) groups excluding carboxylic acids is 2. The third-order valence-corrected chi connectivity index (χ3v) is 4.59. The summed E-state index contributed by atoms with van der Waals surface area (Å²) in [7, 11) is 0. The molecule has 6 nitrogen and oxygen atoms in total. The van der Waals surface area contributed by atoms with Crippen molar-refractivity contribution in [1.29, 1.82) is 0 Å². The van der Waals surface area contributed by atoms with Crippen molar-refractivity contribution in [2.45, 2.75) is 25.9 Å². The quantitative estimate of drug-likeness (QED) is 0.673. The molecule has 0 saturated carbocycles. The maximum atomic E-state index is 13.8. The summed E-state index contributed by atoms with van der Waals surface area (Å²) < 4.78 is 25.0. The van der Waals surface area contributed by atoms with Gasteiger partial charge in [-0.1, -0.05) is 12.1 Å². The lowest BCUT2D eigenvalue weighted by Crippen LogP contribution is -2.34. The van der Waals surface area contributed by atoms with Crippen LogP contribution < -0.4 is 15.4 Å². The molecule has 0 bridgehead atoms. The zero-order valence-corrected chi connectivity index (χ0v) is 15.7. The number of carbonyl (C=O) groups is 2. The topological polar surface area (TPSA) is 80.6 Å². The summed E-state index contributed by atoms with van der Waals surface area (Å²) in [6.07, 6.45) is 0.0227. The first-order chi connectivity index (χ1) is 14.0. The van der Waals surface area contributed by atoms with Crippen LogP contribution in [-0.2, 0) is 16.0 Å². The molecule has 0 saturated heterocycles. The predicted octanol–water partition coefficient (Wildman–Crippen LogP) is 4.38. The number of rotatable bonds is 5. The van der Waals surface area contributed by atoms with Crippen LogP contribution in [0.3, 0.4) is 0 Å². The van der Waals surface area contributed by atoms with E-state index in [0.29, 0.717) is 40.6 Å². The number of hydrogen-bond acceptors (Lipinski definition) is 4. The summed E-state index contributed by atoms with van der Waals surface area (Å²) >= 11 is 0. The summed E-state index contributed by atoms with van der Waals surface area (Å²) in [6, 6.07) is 14.9. The fraction of sp³-hybridized carbons (Fsp3) is 0.182. The van der Waals surface area contributed by atoms with Crippen molar-refractivity contribution in [3.05, 3.63) is 66.2 Å². The Bertz CT molecular complexity index is 1080. The molecule has 7 heteroatoms. The minimum absolute atomic E-state index is 0.196. The molecule has 1 aliphatic rings. The van der Waals surface area contributed by atoms with Gasteiger partial charge in [-0.05, 0) is 49.4 Å². The number of ether oxygens (including phenoxy) is 1. The second-order valence-electron chi connectivity index (χ2n) is 6.75. The Balaban J connectivity index is 1.36. The van der Waals surface area contributed by atoms with E-state index in [0.717, 1.165) is 0 Å². The van der Waals surface area contributed by atoms with E-state index in [4.69, 9.17) is 9.15 Å². The van der Waals surface area contributed by atoms with E-state index in [1.54, 1.807) is 55.5 Å². The summed E-state index contributed by atoms with van der Waals surface area (Å²) in [6.45, 7) is 1.67. The highest BCUT2D eigenvalue weighted by Gasteiger charge is 2.23. The number of hydrogen-bond donors (Lipinski definition) is 2. The van der Waals surface area contributed by atoms with Gasteiger partial charge in [-0.15, -0.1) is 0 Å². The number of benzene rings is 2. The Kier molecular flexibility index (Phi) is 5.03. The molecule has 29 heavy (non-hydrogen) atoms. The minimum Gasteiger partial charge on any atom is -0.479 e. The van der Waals surface area contributed by atoms with Crippen LogP contribution >= 0.6 is 0 Å². The normalized spacial score (nSPS) is 15.2. The van der Waals surface area contributed by atoms with Gasteiger partial charge in [-0.2, -0.15) is 0 Å². The minimum atomic E-state index is -0.550. The lowest BCUT2D eigenvalue weighted by Gasteiger charge is -2.23. The molecule has 0 aliphatic carbocycles. The number of fused-ring (bicyclic) bond motifs is 1. The van der Waals surface area contributed by atoms with Crippen LogP contribution in [0, 0.1) is 5.82 Å². The van der Waals surface area contributed by atoms with Gasteiger partial charge in [0.25, 0.3) is 5.91 Å². The van der Waals surface area contributed by atoms with Crippen molar-refractivity contribution in [2.75, 3.05) is 10.6 Å². The van der Waals surface area contributed by atoms with Crippen LogP contribution in [-0.4, -0.2) is 17.9 Å². The second-order valence-corrected chi connectivity index (χ2v) is 6.75. The molecule has 2 N–H and O–H groups in total. The Hall–Kier alpha value is -3.61. The van der Waals surface area contributed by atoms with Crippen LogP contribution in [0.5, 0.6) is 5.75 Å². The van der Waals surface area contributed by atoms with Crippen LogP contribution in [0.1, 0.15) is 19.1 Å². The molecule has 1 atom stereocenters. The Morgan fingerprint density at radius 2 is 2.00 bits per heavy atom. The zero-order chi connectivity index (χ0) is 20.4. The van der Waals surface area contributed by atoms with Gasteiger partial charge >= 0.3 is 0 Å². The van der Waals surface area contributed by atoms with Gasteiger partial charge < -0.3 is 19.8 Å². The van der Waals surface area contributed by atoms with Crippen LogP contribution in [0.2, 0.25) is 0 Å². The van der Waals surface area contributed by atoms with Gasteiger partial charge in [0.15, 0.2) is 6.10 Å². The fourth-order valence-electron chi connectivity index (χ4n) is 3.06. The fourth-order valence-corrected chi connectivity index (χ4v) is 3.06. The van der Waals surface area contributed by atoms with Gasteiger partial charge in [0.2, 0.25) is 5.91 Å². The van der Waals surface area contributed by atoms with E-state index in [9.17, 15) is 14.0 Å². The molecule has 2 amide bonds. The van der Waals surface area contributed by atoms with Gasteiger partial charge in [0.05, 0.1) is 11.3 Å². The van der Waals surface area contributed by atoms with Crippen LogP contribution in [0.25, 0.3) is 11.3 Å². The van der Waals surface area contributed by atoms with Crippen molar-refractivity contribution < 1.29 is 23.1 Å². The van der Waals surface area contributed by atoms with Gasteiger partial charge in [-0.25, -0.2) is 4.39 Å². The van der Waals surface area contributed by atoms with Crippen LogP contribution in [0.15, 0.2) is 59.0 Å². The molecule has 2 aromatic carbocycles. The highest BCUT2D eigenvalue weighted by Crippen LogP contribution is 2.32. The monoisotopic (exact) mass is 394 g/mol. The van der Waals surface area contributed by atoms with E-state index in [2.05, 4.69) is 10.6 Å². The number of nitrogens with one attached hydrogen (secondary N) is 2. The summed E-state index contributed by atoms with van der Waals surface area (Å²) in [5.74, 6) is 0.793. The highest BCUT2D eigenvalue weighted by molar-refractivity contribution is 5.99. The molecule has 0 unspecified atom stereocenters. The zero-order valence-electron chi connectivity index (χ0n) is 15.7. The van der Waals surface area contributed by atoms with Crippen molar-refractivity contribution in [1.82, 2.24) is 0 Å². The predicted molar refractivity (Wildman–Crippen MR) is 106 cm³/mol. The van der Waals surface area contributed by atoms with E-state index in [1.807, 2.05) is 0 Å². The average Bonchev–Trinajstić information content (AvgIpc) is 3.17. The first-order valence-electron chi connectivity index (χ1n) is 9.24. The second kappa shape index (κ2) is 7.79. The summed E-state index contributed by atoms with van der Waals surface area (Å²) in [5, 5.41) is 5.53. The molecule has 2 heterocycles. The molecule has 0 spiro atoms. The lowest BCUT2D eigenvalue weighted by atomic mass is 10.1. The Morgan fingerprint density at radius 1 is 1.17 bits per heavy atom. The molecule has 1 aliphatic heterocycles. The van der Waals surface area contributed by atoms with Crippen molar-refractivity contribution >= 4 is 23.2 Å². The molecule has 1 aromatic heterocycles. The van der Waals surface area contributed by atoms with E-state index in [1.165, 1.54) is 6.07 Å². The molecule has 0 fully saturated rings. The Morgan fingerprint density at radius 3 is 2.83 bits per heavy atom. The molecule has 3 aromatic rings. The van der Waals surface area contributed by atoms with E-state index >= 15 is 0 Å². The SMILES string of the molecule is C[C@H]1Oc2ccc(NC(=O)CCc3ccc(-c4ccccc4F)o3)cc2NC1=O. The summed E-state index contributed by atoms with van der Waals surface area (Å²) in [5.41, 5.74) is 1.46. The first kappa shape index (κ1) is 18.7. The standard InChI is InChI=1S/C22H19FN2O4/c1-13-22(27)25-18-12-14(6-9-20(18)28-13)24-21(26)11-8-15-7-10-19(29-15)16-4-2-3-5-17(16)23/h2-7,9-10,12-13H,8,11H2,1H3,(H,24,26)(H,25,27)/t13-/m1/s1. The lowest BCUT2D eigenvalue weighted by molar-refractivity contribution is -0.122. The number of furan rings is 1. The van der Waals surface area contributed by atoms with Crippen molar-refractivity contribution in [2.24, 2.45) is 0 Å².